The van der Waals surface area contributed by atoms with E-state index in [1.54, 1.807) is 0 Å². The third-order valence-electron chi connectivity index (χ3n) is 4.46. The highest BCUT2D eigenvalue weighted by Crippen LogP contribution is 2.05. The molecule has 0 spiro atoms. The lowest BCUT2D eigenvalue weighted by Gasteiger charge is -2.21. The highest BCUT2D eigenvalue weighted by molar-refractivity contribution is 5.79. The minimum absolute atomic E-state index is 0.806. The molecular weight excluding hydrogens is 286 g/mol. The Labute approximate surface area is 140 Å². The van der Waals surface area contributed by atoms with E-state index in [0.717, 1.165) is 32.1 Å². The second-order valence-electron chi connectivity index (χ2n) is 6.28. The lowest BCUT2D eigenvalue weighted by Crippen LogP contribution is -2.42. The molecular formula is C18H31N5. The first-order valence-corrected chi connectivity index (χ1v) is 8.59. The van der Waals surface area contributed by atoms with Crippen LogP contribution in [0.2, 0.25) is 0 Å². The van der Waals surface area contributed by atoms with Gasteiger partial charge in [-0.3, -0.25) is 4.99 Å². The molecule has 1 aromatic carbocycles. The fourth-order valence-electron chi connectivity index (χ4n) is 2.86. The SMILES string of the molecule is CN=C(NCCN1CCCN(C)CC1)NCc1ccccc1C. The molecule has 5 nitrogen and oxygen atoms in total. The van der Waals surface area contributed by atoms with Crippen molar-refractivity contribution in [3.63, 3.8) is 0 Å². The number of aliphatic imine (C=N–C) groups is 1. The number of nitrogens with zero attached hydrogens (tertiary/aromatic N) is 3. The van der Waals surface area contributed by atoms with Gasteiger partial charge in [0.15, 0.2) is 5.96 Å². The molecule has 2 rings (SSSR count). The van der Waals surface area contributed by atoms with Gasteiger partial charge in [-0.15, -0.1) is 0 Å². The first-order valence-electron chi connectivity index (χ1n) is 8.59. The van der Waals surface area contributed by atoms with Crippen LogP contribution in [0.15, 0.2) is 29.3 Å². The molecule has 0 unspecified atom stereocenters. The Kier molecular flexibility index (Phi) is 7.36. The van der Waals surface area contributed by atoms with Crippen molar-refractivity contribution in [1.82, 2.24) is 20.4 Å². The van der Waals surface area contributed by atoms with Crippen LogP contribution < -0.4 is 10.6 Å². The quantitative estimate of drug-likeness (QED) is 0.634. The van der Waals surface area contributed by atoms with Crippen LogP contribution in [-0.2, 0) is 6.54 Å². The Morgan fingerprint density at radius 2 is 1.96 bits per heavy atom. The highest BCUT2D eigenvalue weighted by Gasteiger charge is 2.11. The summed E-state index contributed by atoms with van der Waals surface area (Å²) in [5.41, 5.74) is 2.62. The predicted molar refractivity (Wildman–Crippen MR) is 97.9 cm³/mol. The van der Waals surface area contributed by atoms with Gasteiger partial charge in [-0.1, -0.05) is 24.3 Å². The molecule has 0 aromatic heterocycles. The molecule has 0 radical (unpaired) electrons. The Morgan fingerprint density at radius 3 is 2.74 bits per heavy atom. The number of benzene rings is 1. The van der Waals surface area contributed by atoms with Crippen LogP contribution in [0.25, 0.3) is 0 Å². The molecule has 5 heteroatoms. The van der Waals surface area contributed by atoms with Crippen LogP contribution in [0, 0.1) is 6.92 Å². The van der Waals surface area contributed by atoms with E-state index in [4.69, 9.17) is 0 Å². The lowest BCUT2D eigenvalue weighted by molar-refractivity contribution is 0.280. The fourth-order valence-corrected chi connectivity index (χ4v) is 2.86. The van der Waals surface area contributed by atoms with E-state index in [9.17, 15) is 0 Å². The van der Waals surface area contributed by atoms with Gasteiger partial charge in [0.2, 0.25) is 0 Å². The zero-order chi connectivity index (χ0) is 16.5. The standard InChI is InChI=1S/C18H31N5/c1-16-7-4-5-8-17(16)15-21-18(19-2)20-9-12-23-11-6-10-22(3)13-14-23/h4-5,7-8H,6,9-15H2,1-3H3,(H2,19,20,21). The summed E-state index contributed by atoms with van der Waals surface area (Å²) < 4.78 is 0. The van der Waals surface area contributed by atoms with Gasteiger partial charge in [-0.05, 0) is 44.6 Å². The molecule has 2 N–H and O–H groups in total. The smallest absolute Gasteiger partial charge is 0.191 e. The summed E-state index contributed by atoms with van der Waals surface area (Å²) in [6, 6.07) is 8.45. The van der Waals surface area contributed by atoms with Crippen LogP contribution >= 0.6 is 0 Å². The van der Waals surface area contributed by atoms with Gasteiger partial charge in [0.25, 0.3) is 0 Å². The van der Waals surface area contributed by atoms with E-state index in [2.05, 4.69) is 63.7 Å². The maximum atomic E-state index is 4.31. The van der Waals surface area contributed by atoms with Gasteiger partial charge in [0.1, 0.15) is 0 Å². The van der Waals surface area contributed by atoms with Crippen molar-refractivity contribution in [3.8, 4) is 0 Å². The second-order valence-corrected chi connectivity index (χ2v) is 6.28. The maximum Gasteiger partial charge on any atom is 0.191 e. The van der Waals surface area contributed by atoms with E-state index in [1.807, 2.05) is 7.05 Å². The summed E-state index contributed by atoms with van der Waals surface area (Å²) >= 11 is 0. The van der Waals surface area contributed by atoms with Crippen molar-refractivity contribution in [2.24, 2.45) is 4.99 Å². The number of rotatable bonds is 5. The van der Waals surface area contributed by atoms with Gasteiger partial charge < -0.3 is 20.4 Å². The zero-order valence-electron chi connectivity index (χ0n) is 14.8. The first kappa shape index (κ1) is 17.8. The van der Waals surface area contributed by atoms with E-state index < -0.39 is 0 Å². The highest BCUT2D eigenvalue weighted by atomic mass is 15.2. The predicted octanol–water partition coefficient (Wildman–Crippen LogP) is 1.30. The minimum atomic E-state index is 0.806. The number of hydrogen-bond acceptors (Lipinski definition) is 3. The first-order chi connectivity index (χ1) is 11.2. The van der Waals surface area contributed by atoms with Crippen molar-refractivity contribution in [1.29, 1.82) is 0 Å². The number of likely N-dealkylation sites (N-methyl/N-ethyl adjacent to an activating group) is 1. The molecule has 0 saturated carbocycles. The summed E-state index contributed by atoms with van der Waals surface area (Å²) in [5.74, 6) is 0.875. The molecule has 0 bridgehead atoms. The van der Waals surface area contributed by atoms with Crippen molar-refractivity contribution in [2.45, 2.75) is 19.9 Å². The Balaban J connectivity index is 1.70. The van der Waals surface area contributed by atoms with Crippen LogP contribution in [0.5, 0.6) is 0 Å². The monoisotopic (exact) mass is 317 g/mol. The molecule has 1 aromatic rings. The Morgan fingerprint density at radius 1 is 1.13 bits per heavy atom. The molecule has 1 fully saturated rings. The molecule has 0 amide bonds. The van der Waals surface area contributed by atoms with Crippen LogP contribution in [0.1, 0.15) is 17.5 Å². The van der Waals surface area contributed by atoms with Crippen molar-refractivity contribution >= 4 is 5.96 Å². The van der Waals surface area contributed by atoms with Crippen LogP contribution in [0.3, 0.4) is 0 Å². The summed E-state index contributed by atoms with van der Waals surface area (Å²) in [6.45, 7) is 9.68. The van der Waals surface area contributed by atoms with Gasteiger partial charge in [0, 0.05) is 39.8 Å². The molecule has 23 heavy (non-hydrogen) atoms. The maximum absolute atomic E-state index is 4.31. The topological polar surface area (TPSA) is 42.9 Å². The van der Waals surface area contributed by atoms with Gasteiger partial charge >= 0.3 is 0 Å². The van der Waals surface area contributed by atoms with Gasteiger partial charge in [-0.25, -0.2) is 0 Å². The van der Waals surface area contributed by atoms with Crippen LogP contribution in [0.4, 0.5) is 0 Å². The number of aryl methyl sites for hydroxylation is 1. The number of hydrogen-bond donors (Lipinski definition) is 2. The Bertz CT molecular complexity index is 500. The van der Waals surface area contributed by atoms with E-state index in [0.29, 0.717) is 0 Å². The molecule has 0 atom stereocenters. The lowest BCUT2D eigenvalue weighted by atomic mass is 10.1. The Hall–Kier alpha value is -1.59. The molecule has 1 aliphatic heterocycles. The third-order valence-corrected chi connectivity index (χ3v) is 4.46. The summed E-state index contributed by atoms with van der Waals surface area (Å²) in [4.78, 5) is 9.26. The normalized spacial score (nSPS) is 17.8. The number of guanidine groups is 1. The molecule has 1 saturated heterocycles. The fraction of sp³-hybridized carbons (Fsp3) is 0.611. The average Bonchev–Trinajstić information content (AvgIpc) is 2.76. The van der Waals surface area contributed by atoms with Crippen LogP contribution in [-0.4, -0.2) is 69.1 Å². The third kappa shape index (κ3) is 6.20. The van der Waals surface area contributed by atoms with Crippen molar-refractivity contribution < 1.29 is 0 Å². The van der Waals surface area contributed by atoms with E-state index in [-0.39, 0.29) is 0 Å². The minimum Gasteiger partial charge on any atom is -0.355 e. The summed E-state index contributed by atoms with van der Waals surface area (Å²) in [7, 11) is 4.03. The van der Waals surface area contributed by atoms with Gasteiger partial charge in [0.05, 0.1) is 0 Å². The molecule has 0 aliphatic carbocycles. The summed E-state index contributed by atoms with van der Waals surface area (Å²) in [5, 5.41) is 6.82. The van der Waals surface area contributed by atoms with Crippen molar-refractivity contribution in [2.75, 3.05) is 53.4 Å². The van der Waals surface area contributed by atoms with Crippen molar-refractivity contribution in [3.05, 3.63) is 35.4 Å². The van der Waals surface area contributed by atoms with Gasteiger partial charge in [-0.2, -0.15) is 0 Å². The van der Waals surface area contributed by atoms with E-state index in [1.165, 1.54) is 37.2 Å². The zero-order valence-corrected chi connectivity index (χ0v) is 14.8. The average molecular weight is 317 g/mol. The molecule has 1 heterocycles. The van der Waals surface area contributed by atoms with E-state index >= 15 is 0 Å². The summed E-state index contributed by atoms with van der Waals surface area (Å²) in [6.07, 6.45) is 1.26. The molecule has 128 valence electrons. The number of nitrogens with one attached hydrogen (secondary N) is 2. The largest absolute Gasteiger partial charge is 0.355 e. The molecule has 1 aliphatic rings. The second kappa shape index (κ2) is 9.53.